The highest BCUT2D eigenvalue weighted by molar-refractivity contribution is 7.99. The van der Waals surface area contributed by atoms with Gasteiger partial charge in [-0.1, -0.05) is 18.7 Å². The van der Waals surface area contributed by atoms with Crippen molar-refractivity contribution in [2.75, 3.05) is 26.4 Å². The summed E-state index contributed by atoms with van der Waals surface area (Å²) in [5, 5.41) is 3.63. The van der Waals surface area contributed by atoms with E-state index < -0.39 is 0 Å². The van der Waals surface area contributed by atoms with E-state index in [0.717, 1.165) is 29.7 Å². The van der Waals surface area contributed by atoms with Gasteiger partial charge in [0.15, 0.2) is 5.16 Å². The van der Waals surface area contributed by atoms with Gasteiger partial charge in [-0.3, -0.25) is 14.4 Å². The van der Waals surface area contributed by atoms with Crippen LogP contribution in [-0.2, 0) is 22.4 Å². The van der Waals surface area contributed by atoms with Crippen molar-refractivity contribution in [3.05, 3.63) is 20.8 Å². The minimum absolute atomic E-state index is 0.00864. The summed E-state index contributed by atoms with van der Waals surface area (Å²) in [5.41, 5.74) is 1.02. The average molecular weight is 395 g/mol. The van der Waals surface area contributed by atoms with E-state index in [9.17, 15) is 14.4 Å². The molecule has 0 fully saturated rings. The summed E-state index contributed by atoms with van der Waals surface area (Å²) in [6.07, 6.45) is 3.03. The molecule has 1 aliphatic rings. The molecule has 1 atom stereocenters. The smallest absolute Gasteiger partial charge is 0.260 e. The van der Waals surface area contributed by atoms with E-state index in [0.29, 0.717) is 16.5 Å². The topological polar surface area (TPSA) is 95.2 Å². The molecule has 1 aliphatic carbocycles. The standard InChI is InChI=1S/C17H22N4O3S2/c1-9-4-5-10-11(6-9)26-16-14(10)15(24)19-17(20-16)25-8-13(23)21(3)7-12(22)18-2/h9H,4-8H2,1-3H3,(H,18,22)(H,19,20,24)/t9-/m0/s1. The first-order valence-electron chi connectivity index (χ1n) is 8.51. The van der Waals surface area contributed by atoms with Crippen LogP contribution in [0, 0.1) is 5.92 Å². The first kappa shape index (κ1) is 18.9. The Kier molecular flexibility index (Phi) is 5.67. The summed E-state index contributed by atoms with van der Waals surface area (Å²) >= 11 is 2.78. The Balaban J connectivity index is 1.74. The first-order valence-corrected chi connectivity index (χ1v) is 10.3. The number of carbonyl (C=O) groups is 2. The molecule has 7 nitrogen and oxygen atoms in total. The zero-order valence-corrected chi connectivity index (χ0v) is 16.7. The molecule has 3 rings (SSSR count). The number of hydrogen-bond donors (Lipinski definition) is 2. The number of carbonyl (C=O) groups excluding carboxylic acids is 2. The fourth-order valence-corrected chi connectivity index (χ4v) is 5.26. The highest BCUT2D eigenvalue weighted by atomic mass is 32.2. The first-order chi connectivity index (χ1) is 12.4. The second-order valence-electron chi connectivity index (χ2n) is 6.61. The molecule has 0 aliphatic heterocycles. The SMILES string of the molecule is CNC(=O)CN(C)C(=O)CSc1nc2sc3c(c2c(=O)[nH]1)CC[C@H](C)C3. The maximum absolute atomic E-state index is 12.5. The van der Waals surface area contributed by atoms with Crippen molar-refractivity contribution in [1.82, 2.24) is 20.2 Å². The Morgan fingerprint density at radius 3 is 2.96 bits per heavy atom. The van der Waals surface area contributed by atoms with Crippen LogP contribution in [0.5, 0.6) is 0 Å². The molecule has 2 heterocycles. The Morgan fingerprint density at radius 2 is 2.23 bits per heavy atom. The number of fused-ring (bicyclic) bond motifs is 3. The largest absolute Gasteiger partial charge is 0.358 e. The number of thiophene rings is 1. The molecule has 2 amide bonds. The molecule has 2 aromatic rings. The van der Waals surface area contributed by atoms with Crippen molar-refractivity contribution in [2.24, 2.45) is 5.92 Å². The summed E-state index contributed by atoms with van der Waals surface area (Å²) in [6.45, 7) is 2.24. The molecule has 0 spiro atoms. The van der Waals surface area contributed by atoms with Gasteiger partial charge >= 0.3 is 0 Å². The molecule has 140 valence electrons. The zero-order chi connectivity index (χ0) is 18.8. The third kappa shape index (κ3) is 3.93. The van der Waals surface area contributed by atoms with Gasteiger partial charge in [0.1, 0.15) is 4.83 Å². The number of aryl methyl sites for hydroxylation is 1. The number of aromatic amines is 1. The van der Waals surface area contributed by atoms with Crippen molar-refractivity contribution in [3.63, 3.8) is 0 Å². The Morgan fingerprint density at radius 1 is 1.46 bits per heavy atom. The van der Waals surface area contributed by atoms with Gasteiger partial charge in [0, 0.05) is 19.0 Å². The van der Waals surface area contributed by atoms with Crippen LogP contribution in [0.4, 0.5) is 0 Å². The number of thioether (sulfide) groups is 1. The molecule has 2 N–H and O–H groups in total. The van der Waals surface area contributed by atoms with Crippen LogP contribution in [0.2, 0.25) is 0 Å². The molecule has 26 heavy (non-hydrogen) atoms. The van der Waals surface area contributed by atoms with Gasteiger partial charge < -0.3 is 15.2 Å². The minimum atomic E-state index is -0.225. The van der Waals surface area contributed by atoms with E-state index in [-0.39, 0.29) is 29.7 Å². The summed E-state index contributed by atoms with van der Waals surface area (Å²) < 4.78 is 0. The summed E-state index contributed by atoms with van der Waals surface area (Å²) in [4.78, 5) is 46.7. The zero-order valence-electron chi connectivity index (χ0n) is 15.0. The second-order valence-corrected chi connectivity index (χ2v) is 8.66. The lowest BCUT2D eigenvalue weighted by Crippen LogP contribution is -2.37. The van der Waals surface area contributed by atoms with E-state index in [4.69, 9.17) is 0 Å². The third-order valence-electron chi connectivity index (χ3n) is 4.56. The molecular weight excluding hydrogens is 372 g/mol. The quantitative estimate of drug-likeness (QED) is 0.591. The van der Waals surface area contributed by atoms with Gasteiger partial charge in [-0.25, -0.2) is 4.98 Å². The number of likely N-dealkylation sites (N-methyl/N-ethyl adjacent to an activating group) is 2. The molecule has 0 aromatic carbocycles. The van der Waals surface area contributed by atoms with Crippen molar-refractivity contribution in [3.8, 4) is 0 Å². The van der Waals surface area contributed by atoms with Crippen LogP contribution in [0.15, 0.2) is 9.95 Å². The summed E-state index contributed by atoms with van der Waals surface area (Å²) in [6, 6.07) is 0. The van der Waals surface area contributed by atoms with Crippen LogP contribution in [0.1, 0.15) is 23.8 Å². The van der Waals surface area contributed by atoms with Crippen LogP contribution in [-0.4, -0.2) is 53.1 Å². The van der Waals surface area contributed by atoms with Gasteiger partial charge in [-0.15, -0.1) is 11.3 Å². The maximum Gasteiger partial charge on any atom is 0.260 e. The van der Waals surface area contributed by atoms with Gasteiger partial charge in [0.05, 0.1) is 17.7 Å². The van der Waals surface area contributed by atoms with Crippen LogP contribution < -0.4 is 10.9 Å². The maximum atomic E-state index is 12.5. The Labute approximate surface area is 159 Å². The lowest BCUT2D eigenvalue weighted by Gasteiger charge is -2.17. The predicted molar refractivity (Wildman–Crippen MR) is 104 cm³/mol. The van der Waals surface area contributed by atoms with E-state index in [1.807, 2.05) is 0 Å². The van der Waals surface area contributed by atoms with Crippen molar-refractivity contribution in [1.29, 1.82) is 0 Å². The number of rotatable bonds is 5. The predicted octanol–water partition coefficient (Wildman–Crippen LogP) is 1.41. The summed E-state index contributed by atoms with van der Waals surface area (Å²) in [5.74, 6) is 0.333. The van der Waals surface area contributed by atoms with Crippen LogP contribution >= 0.6 is 23.1 Å². The number of amides is 2. The normalized spacial score (nSPS) is 16.3. The van der Waals surface area contributed by atoms with Crippen molar-refractivity contribution in [2.45, 2.75) is 31.3 Å². The van der Waals surface area contributed by atoms with Crippen LogP contribution in [0.3, 0.4) is 0 Å². The van der Waals surface area contributed by atoms with E-state index >= 15 is 0 Å². The highest BCUT2D eigenvalue weighted by Crippen LogP contribution is 2.36. The van der Waals surface area contributed by atoms with E-state index in [1.165, 1.54) is 28.6 Å². The molecule has 0 radical (unpaired) electrons. The molecular formula is C17H22N4O3S2. The molecule has 9 heteroatoms. The fraction of sp³-hybridized carbons (Fsp3) is 0.529. The van der Waals surface area contributed by atoms with Crippen molar-refractivity contribution >= 4 is 45.1 Å². The van der Waals surface area contributed by atoms with Gasteiger partial charge in [0.2, 0.25) is 11.8 Å². The molecule has 0 saturated carbocycles. The van der Waals surface area contributed by atoms with Crippen LogP contribution in [0.25, 0.3) is 10.2 Å². The van der Waals surface area contributed by atoms with Gasteiger partial charge in [0.25, 0.3) is 5.56 Å². The average Bonchev–Trinajstić information content (AvgIpc) is 2.96. The third-order valence-corrected chi connectivity index (χ3v) is 6.57. The second kappa shape index (κ2) is 7.79. The molecule has 0 bridgehead atoms. The lowest BCUT2D eigenvalue weighted by molar-refractivity contribution is -0.132. The fourth-order valence-electron chi connectivity index (χ4n) is 3.02. The Bertz CT molecular complexity index is 905. The van der Waals surface area contributed by atoms with Gasteiger partial charge in [-0.2, -0.15) is 0 Å². The summed E-state index contributed by atoms with van der Waals surface area (Å²) in [7, 11) is 3.10. The minimum Gasteiger partial charge on any atom is -0.358 e. The number of nitrogens with one attached hydrogen (secondary N) is 2. The van der Waals surface area contributed by atoms with E-state index in [1.54, 1.807) is 18.4 Å². The number of H-pyrrole nitrogens is 1. The van der Waals surface area contributed by atoms with E-state index in [2.05, 4.69) is 22.2 Å². The lowest BCUT2D eigenvalue weighted by atomic mass is 9.89. The van der Waals surface area contributed by atoms with Gasteiger partial charge in [-0.05, 0) is 30.7 Å². The Hall–Kier alpha value is -1.87. The molecule has 0 saturated heterocycles. The number of nitrogens with zero attached hydrogens (tertiary/aromatic N) is 2. The highest BCUT2D eigenvalue weighted by Gasteiger charge is 2.23. The molecule has 0 unspecified atom stereocenters. The van der Waals surface area contributed by atoms with Crippen molar-refractivity contribution < 1.29 is 9.59 Å². The monoisotopic (exact) mass is 394 g/mol. The number of hydrogen-bond acceptors (Lipinski definition) is 6. The molecule has 2 aromatic heterocycles. The number of aromatic nitrogens is 2.